The molecule has 4 nitrogen and oxygen atoms in total. The Morgan fingerprint density at radius 2 is 1.69 bits per heavy atom. The molecule has 0 bridgehead atoms. The lowest BCUT2D eigenvalue weighted by Gasteiger charge is -2.11. The fourth-order valence-electron chi connectivity index (χ4n) is 2.53. The molecule has 0 radical (unpaired) electrons. The minimum absolute atomic E-state index is 0.592. The molecule has 0 aliphatic heterocycles. The maximum atomic E-state index is 5.71. The molecule has 0 unspecified atom stereocenters. The summed E-state index contributed by atoms with van der Waals surface area (Å²) in [5, 5.41) is 6.01. The van der Waals surface area contributed by atoms with Crippen LogP contribution < -0.4 is 14.8 Å². The molecule has 3 aromatic rings. The molecule has 0 atom stereocenters. The Hall–Kier alpha value is -2.44. The topological polar surface area (TPSA) is 43.4 Å². The lowest BCUT2D eigenvalue weighted by atomic mass is 10.1. The zero-order valence-corrected chi connectivity index (χ0v) is 16.3. The van der Waals surface area contributed by atoms with Crippen molar-refractivity contribution in [2.24, 2.45) is 0 Å². The van der Waals surface area contributed by atoms with Crippen LogP contribution in [0, 0.1) is 0 Å². The maximum Gasteiger partial charge on any atom is 0.161 e. The molecule has 6 heteroatoms. The van der Waals surface area contributed by atoms with Crippen LogP contribution >= 0.6 is 23.6 Å². The number of nitrogens with one attached hydrogen (secondary N) is 1. The first-order valence-electron chi connectivity index (χ1n) is 8.41. The van der Waals surface area contributed by atoms with E-state index in [2.05, 4.69) is 10.7 Å². The third-order valence-corrected chi connectivity index (χ3v) is 4.71. The Morgan fingerprint density at radius 3 is 2.38 bits per heavy atom. The molecule has 3 rings (SSSR count). The molecular weight excluding hydrogens is 364 g/mol. The zero-order chi connectivity index (χ0) is 18.4. The van der Waals surface area contributed by atoms with E-state index >= 15 is 0 Å². The van der Waals surface area contributed by atoms with Crippen LogP contribution in [0.25, 0.3) is 21.8 Å². The number of hydrogen-bond donors (Lipinski definition) is 1. The van der Waals surface area contributed by atoms with Crippen LogP contribution in [0.5, 0.6) is 11.5 Å². The summed E-state index contributed by atoms with van der Waals surface area (Å²) in [4.78, 5) is 4.78. The van der Waals surface area contributed by atoms with Crippen LogP contribution in [-0.2, 0) is 0 Å². The first-order valence-corrected chi connectivity index (χ1v) is 9.76. The fraction of sp³-hybridized carbons (Fsp3) is 0.200. The average Bonchev–Trinajstić information content (AvgIpc) is 3.15. The second kappa shape index (κ2) is 8.78. The third kappa shape index (κ3) is 4.20. The molecule has 1 heterocycles. The smallest absolute Gasteiger partial charge is 0.161 e. The van der Waals surface area contributed by atoms with Gasteiger partial charge in [-0.25, -0.2) is 4.98 Å². The predicted octanol–water partition coefficient (Wildman–Crippen LogP) is 5.64. The molecule has 2 aromatic carbocycles. The molecule has 0 aliphatic rings. The van der Waals surface area contributed by atoms with Crippen LogP contribution in [0.3, 0.4) is 0 Å². The molecule has 26 heavy (non-hydrogen) atoms. The van der Waals surface area contributed by atoms with Crippen LogP contribution in [-0.4, -0.2) is 23.7 Å². The summed E-state index contributed by atoms with van der Waals surface area (Å²) >= 11 is 6.42. The second-order valence-electron chi connectivity index (χ2n) is 5.40. The van der Waals surface area contributed by atoms with Crippen LogP contribution in [0.15, 0.2) is 47.8 Å². The molecule has 0 saturated carbocycles. The predicted molar refractivity (Wildman–Crippen MR) is 113 cm³/mol. The molecule has 0 fully saturated rings. The van der Waals surface area contributed by atoms with Gasteiger partial charge >= 0.3 is 0 Å². The third-order valence-electron chi connectivity index (χ3n) is 3.70. The summed E-state index contributed by atoms with van der Waals surface area (Å²) in [6.07, 6.45) is 0. The highest BCUT2D eigenvalue weighted by Crippen LogP contribution is 2.35. The van der Waals surface area contributed by atoms with Crippen molar-refractivity contribution in [2.75, 3.05) is 18.5 Å². The van der Waals surface area contributed by atoms with Crippen molar-refractivity contribution in [1.82, 2.24) is 4.98 Å². The minimum Gasteiger partial charge on any atom is -0.490 e. The minimum atomic E-state index is 0.592. The van der Waals surface area contributed by atoms with E-state index in [4.69, 9.17) is 26.7 Å². The first-order chi connectivity index (χ1) is 12.7. The van der Waals surface area contributed by atoms with Gasteiger partial charge in [-0.3, -0.25) is 0 Å². The Morgan fingerprint density at radius 1 is 1.00 bits per heavy atom. The van der Waals surface area contributed by atoms with Gasteiger partial charge in [-0.15, -0.1) is 11.3 Å². The standard InChI is InChI=1S/C20H20N2O2S2/c1-3-23-18-10-7-15(11-19(18)24-4-2)20-22-17(12-26-20)14-5-8-16(9-6-14)21-13-25/h5-13H,3-4H2,1-2H3,(H,21,25). The summed E-state index contributed by atoms with van der Waals surface area (Å²) in [6.45, 7) is 5.13. The summed E-state index contributed by atoms with van der Waals surface area (Å²) < 4.78 is 11.3. The van der Waals surface area contributed by atoms with E-state index in [9.17, 15) is 0 Å². The quantitative estimate of drug-likeness (QED) is 0.509. The molecular formula is C20H20N2O2S2. The van der Waals surface area contributed by atoms with Gasteiger partial charge in [-0.05, 0) is 44.2 Å². The Labute approximate surface area is 162 Å². The second-order valence-corrected chi connectivity index (χ2v) is 6.50. The highest BCUT2D eigenvalue weighted by Gasteiger charge is 2.11. The Kier molecular flexibility index (Phi) is 6.20. The van der Waals surface area contributed by atoms with Gasteiger partial charge in [0.15, 0.2) is 11.5 Å². The highest BCUT2D eigenvalue weighted by molar-refractivity contribution is 7.79. The van der Waals surface area contributed by atoms with Crippen molar-refractivity contribution in [3.63, 3.8) is 0 Å². The van der Waals surface area contributed by atoms with Gasteiger partial charge in [0.05, 0.1) is 24.4 Å². The fourth-order valence-corrected chi connectivity index (χ4v) is 3.49. The van der Waals surface area contributed by atoms with Gasteiger partial charge in [0, 0.05) is 22.2 Å². The Balaban J connectivity index is 1.87. The van der Waals surface area contributed by atoms with Crippen molar-refractivity contribution >= 4 is 34.7 Å². The highest BCUT2D eigenvalue weighted by atomic mass is 32.1. The van der Waals surface area contributed by atoms with E-state index < -0.39 is 0 Å². The number of ether oxygens (including phenoxy) is 2. The summed E-state index contributed by atoms with van der Waals surface area (Å²) in [6, 6.07) is 14.0. The normalized spacial score (nSPS) is 10.4. The average molecular weight is 385 g/mol. The summed E-state index contributed by atoms with van der Waals surface area (Å²) in [7, 11) is 0. The van der Waals surface area contributed by atoms with E-state index in [1.807, 2.05) is 56.3 Å². The van der Waals surface area contributed by atoms with Crippen molar-refractivity contribution in [3.8, 4) is 33.3 Å². The largest absolute Gasteiger partial charge is 0.490 e. The summed E-state index contributed by atoms with van der Waals surface area (Å²) in [5.74, 6) is 1.51. The molecule has 0 spiro atoms. The molecule has 1 N–H and O–H groups in total. The van der Waals surface area contributed by atoms with Gasteiger partial charge in [0.25, 0.3) is 0 Å². The number of thiocarbonyl (C=S) groups is 1. The van der Waals surface area contributed by atoms with Crippen LogP contribution in [0.1, 0.15) is 13.8 Å². The molecule has 0 aliphatic carbocycles. The number of benzene rings is 2. The van der Waals surface area contributed by atoms with Crippen molar-refractivity contribution in [3.05, 3.63) is 47.8 Å². The van der Waals surface area contributed by atoms with Crippen LogP contribution in [0.4, 0.5) is 5.69 Å². The van der Waals surface area contributed by atoms with Crippen molar-refractivity contribution in [1.29, 1.82) is 0 Å². The van der Waals surface area contributed by atoms with Gasteiger partial charge in [-0.2, -0.15) is 0 Å². The van der Waals surface area contributed by atoms with Crippen LogP contribution in [0.2, 0.25) is 0 Å². The zero-order valence-electron chi connectivity index (χ0n) is 14.7. The Bertz CT molecular complexity index is 876. The SMILES string of the molecule is CCOc1ccc(-c2nc(-c3ccc(NC=S)cc3)cs2)cc1OCC. The van der Waals surface area contributed by atoms with Crippen molar-refractivity contribution < 1.29 is 9.47 Å². The van der Waals surface area contributed by atoms with E-state index in [-0.39, 0.29) is 0 Å². The van der Waals surface area contributed by atoms with Crippen molar-refractivity contribution in [2.45, 2.75) is 13.8 Å². The molecule has 134 valence electrons. The number of thiazole rings is 1. The van der Waals surface area contributed by atoms with Gasteiger partial charge < -0.3 is 14.8 Å². The number of anilines is 1. The first kappa shape index (κ1) is 18.4. The van der Waals surface area contributed by atoms with E-state index in [0.29, 0.717) is 13.2 Å². The molecule has 1 aromatic heterocycles. The van der Waals surface area contributed by atoms with Gasteiger partial charge in [0.2, 0.25) is 0 Å². The number of hydrogen-bond acceptors (Lipinski definition) is 5. The number of aromatic nitrogens is 1. The molecule has 0 amide bonds. The maximum absolute atomic E-state index is 5.71. The monoisotopic (exact) mass is 384 g/mol. The van der Waals surface area contributed by atoms with Gasteiger partial charge in [-0.1, -0.05) is 24.4 Å². The van der Waals surface area contributed by atoms with Gasteiger partial charge in [0.1, 0.15) is 5.01 Å². The van der Waals surface area contributed by atoms with E-state index in [0.717, 1.165) is 39.0 Å². The number of rotatable bonds is 8. The number of nitrogens with zero attached hydrogens (tertiary/aromatic N) is 1. The van der Waals surface area contributed by atoms with E-state index in [1.165, 1.54) is 5.49 Å². The lowest BCUT2D eigenvalue weighted by Crippen LogP contribution is -1.98. The molecule has 0 saturated heterocycles. The lowest BCUT2D eigenvalue weighted by molar-refractivity contribution is 0.288. The summed E-state index contributed by atoms with van der Waals surface area (Å²) in [5.41, 5.74) is 5.50. The van der Waals surface area contributed by atoms with E-state index in [1.54, 1.807) is 11.3 Å².